The highest BCUT2D eigenvalue weighted by molar-refractivity contribution is 5.96. The largest absolute Gasteiger partial charge is 0.480 e. The molecule has 2 aromatic carbocycles. The smallest absolute Gasteiger partial charge is 0.265 e. The van der Waals surface area contributed by atoms with Crippen molar-refractivity contribution < 1.29 is 14.3 Å². The number of ether oxygens (including phenoxy) is 1. The predicted octanol–water partition coefficient (Wildman–Crippen LogP) is 3.70. The van der Waals surface area contributed by atoms with Crippen LogP contribution in [0.25, 0.3) is 0 Å². The monoisotopic (exact) mass is 351 g/mol. The highest BCUT2D eigenvalue weighted by Crippen LogP contribution is 2.20. The van der Waals surface area contributed by atoms with Gasteiger partial charge in [-0.15, -0.1) is 0 Å². The third-order valence-electron chi connectivity index (χ3n) is 3.57. The number of hydrogen-bond donors (Lipinski definition) is 2. The molecule has 0 aliphatic rings. The second-order valence-electron chi connectivity index (χ2n) is 5.74. The van der Waals surface area contributed by atoms with E-state index in [0.29, 0.717) is 29.1 Å². The van der Waals surface area contributed by atoms with E-state index in [0.717, 1.165) is 6.42 Å². The Morgan fingerprint density at radius 1 is 1.12 bits per heavy atom. The number of anilines is 2. The summed E-state index contributed by atoms with van der Waals surface area (Å²) in [5, 5.41) is 14.6. The van der Waals surface area contributed by atoms with Gasteiger partial charge in [-0.25, -0.2) is 0 Å². The minimum absolute atomic E-state index is 0.0687. The fourth-order valence-corrected chi connectivity index (χ4v) is 2.27. The summed E-state index contributed by atoms with van der Waals surface area (Å²) in [6, 6.07) is 15.7. The Hall–Kier alpha value is -3.33. The van der Waals surface area contributed by atoms with E-state index in [1.807, 2.05) is 13.0 Å². The average molecular weight is 351 g/mol. The van der Waals surface area contributed by atoms with Crippen LogP contribution in [0.3, 0.4) is 0 Å². The SMILES string of the molecule is CCCC(=O)Nc1cccc(NC(=O)C(C)Oc2ccccc2C#N)c1. The second kappa shape index (κ2) is 9.23. The molecule has 6 heteroatoms. The lowest BCUT2D eigenvalue weighted by Crippen LogP contribution is -2.30. The molecule has 0 spiro atoms. The van der Waals surface area contributed by atoms with Gasteiger partial charge in [0.2, 0.25) is 5.91 Å². The number of amides is 2. The molecule has 0 saturated heterocycles. The van der Waals surface area contributed by atoms with E-state index in [1.165, 1.54) is 0 Å². The van der Waals surface area contributed by atoms with E-state index in [2.05, 4.69) is 10.6 Å². The number of benzene rings is 2. The van der Waals surface area contributed by atoms with E-state index in [4.69, 9.17) is 10.00 Å². The number of carbonyl (C=O) groups is 2. The van der Waals surface area contributed by atoms with E-state index < -0.39 is 6.10 Å². The molecule has 2 rings (SSSR count). The molecule has 1 unspecified atom stereocenters. The first-order valence-electron chi connectivity index (χ1n) is 8.40. The lowest BCUT2D eigenvalue weighted by molar-refractivity contribution is -0.122. The van der Waals surface area contributed by atoms with Crippen LogP contribution in [0.2, 0.25) is 0 Å². The van der Waals surface area contributed by atoms with Gasteiger partial charge in [0, 0.05) is 17.8 Å². The number of nitrogens with zero attached hydrogens (tertiary/aromatic N) is 1. The van der Waals surface area contributed by atoms with Crippen molar-refractivity contribution in [1.82, 2.24) is 0 Å². The molecule has 2 aromatic rings. The zero-order chi connectivity index (χ0) is 18.9. The molecule has 2 amide bonds. The fourth-order valence-electron chi connectivity index (χ4n) is 2.27. The molecule has 134 valence electrons. The molecule has 0 saturated carbocycles. The standard InChI is InChI=1S/C20H21N3O3/c1-3-7-19(24)22-16-9-6-10-17(12-16)23-20(25)14(2)26-18-11-5-4-8-15(18)13-21/h4-6,8-12,14H,3,7H2,1-2H3,(H,22,24)(H,23,25). The summed E-state index contributed by atoms with van der Waals surface area (Å²) < 4.78 is 5.59. The Bertz CT molecular complexity index is 827. The third-order valence-corrected chi connectivity index (χ3v) is 3.57. The molecule has 0 bridgehead atoms. The van der Waals surface area contributed by atoms with Crippen LogP contribution in [0.1, 0.15) is 32.3 Å². The van der Waals surface area contributed by atoms with Gasteiger partial charge in [0.1, 0.15) is 11.8 Å². The van der Waals surface area contributed by atoms with Crippen LogP contribution in [-0.2, 0) is 9.59 Å². The second-order valence-corrected chi connectivity index (χ2v) is 5.74. The minimum atomic E-state index is -0.789. The summed E-state index contributed by atoms with van der Waals surface area (Å²) in [6.45, 7) is 3.54. The highest BCUT2D eigenvalue weighted by atomic mass is 16.5. The van der Waals surface area contributed by atoms with Gasteiger partial charge in [0.25, 0.3) is 5.91 Å². The van der Waals surface area contributed by atoms with Gasteiger partial charge >= 0.3 is 0 Å². The van der Waals surface area contributed by atoms with Crippen molar-refractivity contribution in [2.45, 2.75) is 32.8 Å². The highest BCUT2D eigenvalue weighted by Gasteiger charge is 2.16. The molecule has 0 radical (unpaired) electrons. The topological polar surface area (TPSA) is 91.2 Å². The van der Waals surface area contributed by atoms with Crippen molar-refractivity contribution in [1.29, 1.82) is 5.26 Å². The number of nitriles is 1. The van der Waals surface area contributed by atoms with E-state index >= 15 is 0 Å². The normalized spacial score (nSPS) is 11.1. The van der Waals surface area contributed by atoms with E-state index in [9.17, 15) is 9.59 Å². The molecular weight excluding hydrogens is 330 g/mol. The first-order chi connectivity index (χ1) is 12.5. The Balaban J connectivity index is 2.00. The zero-order valence-corrected chi connectivity index (χ0v) is 14.8. The lowest BCUT2D eigenvalue weighted by Gasteiger charge is -2.16. The van der Waals surface area contributed by atoms with Crippen LogP contribution in [-0.4, -0.2) is 17.9 Å². The number of carbonyl (C=O) groups excluding carboxylic acids is 2. The maximum atomic E-state index is 12.3. The molecule has 1 atom stereocenters. The van der Waals surface area contributed by atoms with Crippen LogP contribution < -0.4 is 15.4 Å². The summed E-state index contributed by atoms with van der Waals surface area (Å²) in [6.07, 6.45) is 0.420. The third kappa shape index (κ3) is 5.35. The van der Waals surface area contributed by atoms with Crippen molar-refractivity contribution in [2.75, 3.05) is 10.6 Å². The van der Waals surface area contributed by atoms with Gasteiger partial charge < -0.3 is 15.4 Å². The first-order valence-corrected chi connectivity index (χ1v) is 8.40. The van der Waals surface area contributed by atoms with Crippen LogP contribution in [0, 0.1) is 11.3 Å². The molecule has 0 heterocycles. The quantitative estimate of drug-likeness (QED) is 0.795. The van der Waals surface area contributed by atoms with Crippen LogP contribution >= 0.6 is 0 Å². The summed E-state index contributed by atoms with van der Waals surface area (Å²) >= 11 is 0. The summed E-state index contributed by atoms with van der Waals surface area (Å²) in [5.74, 6) is -0.0613. The molecule has 0 aliphatic heterocycles. The molecule has 6 nitrogen and oxygen atoms in total. The van der Waals surface area contributed by atoms with Crippen LogP contribution in [0.15, 0.2) is 48.5 Å². The van der Waals surface area contributed by atoms with Crippen molar-refractivity contribution in [3.05, 3.63) is 54.1 Å². The van der Waals surface area contributed by atoms with Gasteiger partial charge in [-0.05, 0) is 43.7 Å². The molecule has 0 fully saturated rings. The zero-order valence-electron chi connectivity index (χ0n) is 14.8. The van der Waals surface area contributed by atoms with Crippen LogP contribution in [0.4, 0.5) is 11.4 Å². The van der Waals surface area contributed by atoms with Crippen molar-refractivity contribution in [2.24, 2.45) is 0 Å². The van der Waals surface area contributed by atoms with Gasteiger partial charge in [0.05, 0.1) is 5.56 Å². The maximum Gasteiger partial charge on any atom is 0.265 e. The summed E-state index contributed by atoms with van der Waals surface area (Å²) in [5.41, 5.74) is 1.53. The molecular formula is C20H21N3O3. The molecule has 2 N–H and O–H groups in total. The van der Waals surface area contributed by atoms with Crippen LogP contribution in [0.5, 0.6) is 5.75 Å². The van der Waals surface area contributed by atoms with Gasteiger partial charge in [-0.3, -0.25) is 9.59 Å². The average Bonchev–Trinajstić information content (AvgIpc) is 2.62. The van der Waals surface area contributed by atoms with Gasteiger partial charge in [-0.2, -0.15) is 5.26 Å². The van der Waals surface area contributed by atoms with Crippen molar-refractivity contribution >= 4 is 23.2 Å². The lowest BCUT2D eigenvalue weighted by atomic mass is 10.2. The molecule has 26 heavy (non-hydrogen) atoms. The summed E-state index contributed by atoms with van der Waals surface area (Å²) in [7, 11) is 0. The van der Waals surface area contributed by atoms with E-state index in [1.54, 1.807) is 55.5 Å². The predicted molar refractivity (Wildman–Crippen MR) is 99.9 cm³/mol. The number of rotatable bonds is 7. The van der Waals surface area contributed by atoms with Gasteiger partial charge in [0.15, 0.2) is 6.10 Å². The first kappa shape index (κ1) is 19.0. The maximum absolute atomic E-state index is 12.3. The summed E-state index contributed by atoms with van der Waals surface area (Å²) in [4.78, 5) is 24.0. The fraction of sp³-hybridized carbons (Fsp3) is 0.250. The Kier molecular flexibility index (Phi) is 6.75. The van der Waals surface area contributed by atoms with Gasteiger partial charge in [-0.1, -0.05) is 25.1 Å². The number of nitrogens with one attached hydrogen (secondary N) is 2. The molecule has 0 aliphatic carbocycles. The number of hydrogen-bond acceptors (Lipinski definition) is 4. The number of para-hydroxylation sites is 1. The minimum Gasteiger partial charge on any atom is -0.480 e. The Labute approximate surface area is 152 Å². The van der Waals surface area contributed by atoms with Crippen molar-refractivity contribution in [3.8, 4) is 11.8 Å². The Morgan fingerprint density at radius 2 is 1.81 bits per heavy atom. The van der Waals surface area contributed by atoms with E-state index in [-0.39, 0.29) is 11.8 Å². The molecule has 0 aromatic heterocycles. The van der Waals surface area contributed by atoms with Crippen molar-refractivity contribution in [3.63, 3.8) is 0 Å². The Morgan fingerprint density at radius 3 is 2.50 bits per heavy atom.